The molecule has 2 rings (SSSR count). The van der Waals surface area contributed by atoms with E-state index in [2.05, 4.69) is 31.9 Å². The summed E-state index contributed by atoms with van der Waals surface area (Å²) < 4.78 is 13.6. The van der Waals surface area contributed by atoms with Gasteiger partial charge in [-0.2, -0.15) is 0 Å². The molecule has 0 N–H and O–H groups in total. The molecule has 2 heteroatoms. The highest BCUT2D eigenvalue weighted by Gasteiger charge is 2.40. The van der Waals surface area contributed by atoms with Crippen LogP contribution in [0.25, 0.3) is 0 Å². The Morgan fingerprint density at radius 1 is 1.44 bits per heavy atom. The van der Waals surface area contributed by atoms with E-state index in [4.69, 9.17) is 0 Å². The van der Waals surface area contributed by atoms with E-state index in [1.54, 1.807) is 6.07 Å². The van der Waals surface area contributed by atoms with Crippen LogP contribution in [-0.4, -0.2) is 25.0 Å². The Hall–Kier alpha value is -0.890. The van der Waals surface area contributed by atoms with Gasteiger partial charge in [0.15, 0.2) is 0 Å². The van der Waals surface area contributed by atoms with E-state index in [9.17, 15) is 4.39 Å². The first-order valence-corrected chi connectivity index (χ1v) is 5.88. The second kappa shape index (κ2) is 3.85. The highest BCUT2D eigenvalue weighted by atomic mass is 19.1. The first-order valence-electron chi connectivity index (χ1n) is 5.88. The Morgan fingerprint density at radius 3 is 2.62 bits per heavy atom. The number of halogens is 1. The molecule has 1 fully saturated rings. The number of hydrogen-bond donors (Lipinski definition) is 0. The van der Waals surface area contributed by atoms with Crippen molar-refractivity contribution in [3.8, 4) is 0 Å². The number of likely N-dealkylation sites (N-methyl/N-ethyl adjacent to an activating group) is 1. The summed E-state index contributed by atoms with van der Waals surface area (Å²) >= 11 is 0. The second-order valence-electron chi connectivity index (χ2n) is 5.48. The SMILES string of the molecule is Cc1ccc(C2(C)CN(C)CC2C)cc1F. The summed E-state index contributed by atoms with van der Waals surface area (Å²) in [6, 6.07) is 5.68. The summed E-state index contributed by atoms with van der Waals surface area (Å²) in [5.41, 5.74) is 1.95. The van der Waals surface area contributed by atoms with Gasteiger partial charge in [-0.3, -0.25) is 0 Å². The number of nitrogens with zero attached hydrogens (tertiary/aromatic N) is 1. The third-order valence-electron chi connectivity index (χ3n) is 4.10. The molecular weight excluding hydrogens is 201 g/mol. The van der Waals surface area contributed by atoms with Gasteiger partial charge in [0.05, 0.1) is 0 Å². The number of hydrogen-bond acceptors (Lipinski definition) is 1. The molecule has 0 bridgehead atoms. The highest BCUT2D eigenvalue weighted by Crippen LogP contribution is 2.38. The lowest BCUT2D eigenvalue weighted by Crippen LogP contribution is -2.30. The average Bonchev–Trinajstić information content (AvgIpc) is 2.46. The maximum absolute atomic E-state index is 13.6. The van der Waals surface area contributed by atoms with Crippen molar-refractivity contribution < 1.29 is 4.39 Å². The molecule has 1 aromatic carbocycles. The van der Waals surface area contributed by atoms with E-state index in [1.807, 2.05) is 13.0 Å². The maximum atomic E-state index is 13.6. The van der Waals surface area contributed by atoms with E-state index in [-0.39, 0.29) is 11.2 Å². The van der Waals surface area contributed by atoms with Crippen molar-refractivity contribution >= 4 is 0 Å². The molecule has 0 amide bonds. The van der Waals surface area contributed by atoms with Crippen molar-refractivity contribution in [2.75, 3.05) is 20.1 Å². The fourth-order valence-electron chi connectivity index (χ4n) is 2.77. The van der Waals surface area contributed by atoms with Crippen LogP contribution < -0.4 is 0 Å². The standard InChI is InChI=1S/C14H20FN/c1-10-5-6-12(7-13(10)15)14(3)9-16(4)8-11(14)2/h5-7,11H,8-9H2,1-4H3. The summed E-state index contributed by atoms with van der Waals surface area (Å²) in [7, 11) is 2.13. The van der Waals surface area contributed by atoms with Crippen LogP contribution in [0, 0.1) is 18.7 Å². The Balaban J connectivity index is 2.39. The lowest BCUT2D eigenvalue weighted by molar-refractivity contribution is 0.376. The van der Waals surface area contributed by atoms with Gasteiger partial charge in [0.2, 0.25) is 0 Å². The van der Waals surface area contributed by atoms with Crippen LogP contribution in [-0.2, 0) is 5.41 Å². The van der Waals surface area contributed by atoms with Gasteiger partial charge in [0.25, 0.3) is 0 Å². The topological polar surface area (TPSA) is 3.24 Å². The monoisotopic (exact) mass is 221 g/mol. The van der Waals surface area contributed by atoms with Crippen LogP contribution >= 0.6 is 0 Å². The molecule has 0 spiro atoms. The molecule has 0 saturated carbocycles. The Kier molecular flexibility index (Phi) is 2.79. The summed E-state index contributed by atoms with van der Waals surface area (Å²) in [5.74, 6) is 0.486. The van der Waals surface area contributed by atoms with E-state index < -0.39 is 0 Å². The maximum Gasteiger partial charge on any atom is 0.126 e. The van der Waals surface area contributed by atoms with Gasteiger partial charge in [-0.15, -0.1) is 0 Å². The summed E-state index contributed by atoms with van der Waals surface area (Å²) in [6.45, 7) is 8.40. The van der Waals surface area contributed by atoms with Crippen LogP contribution in [0.15, 0.2) is 18.2 Å². The van der Waals surface area contributed by atoms with Gasteiger partial charge in [0.1, 0.15) is 5.82 Å². The molecule has 1 heterocycles. The molecule has 0 aromatic heterocycles. The minimum absolute atomic E-state index is 0.0829. The third-order valence-corrected chi connectivity index (χ3v) is 4.10. The quantitative estimate of drug-likeness (QED) is 0.704. The molecule has 2 unspecified atom stereocenters. The molecule has 1 aliphatic heterocycles. The lowest BCUT2D eigenvalue weighted by atomic mass is 9.75. The van der Waals surface area contributed by atoms with E-state index in [0.717, 1.165) is 24.2 Å². The smallest absolute Gasteiger partial charge is 0.126 e. The lowest BCUT2D eigenvalue weighted by Gasteiger charge is -2.29. The average molecular weight is 221 g/mol. The highest BCUT2D eigenvalue weighted by molar-refractivity contribution is 5.31. The summed E-state index contributed by atoms with van der Waals surface area (Å²) in [4.78, 5) is 2.32. The summed E-state index contributed by atoms with van der Waals surface area (Å²) in [5, 5.41) is 0. The van der Waals surface area contributed by atoms with E-state index in [0.29, 0.717) is 5.92 Å². The zero-order valence-corrected chi connectivity index (χ0v) is 10.5. The minimum atomic E-state index is -0.0829. The van der Waals surface area contributed by atoms with Crippen LogP contribution in [0.3, 0.4) is 0 Å². The third kappa shape index (κ3) is 1.75. The summed E-state index contributed by atoms with van der Waals surface area (Å²) in [6.07, 6.45) is 0. The first kappa shape index (κ1) is 11.6. The Bertz CT molecular complexity index is 402. The van der Waals surface area contributed by atoms with Crippen molar-refractivity contribution in [2.45, 2.75) is 26.2 Å². The fourth-order valence-corrected chi connectivity index (χ4v) is 2.77. The molecule has 0 aliphatic carbocycles. The molecule has 88 valence electrons. The van der Waals surface area contributed by atoms with Crippen molar-refractivity contribution in [3.05, 3.63) is 35.1 Å². The van der Waals surface area contributed by atoms with Gasteiger partial charge in [0, 0.05) is 18.5 Å². The number of likely N-dealkylation sites (tertiary alicyclic amines) is 1. The predicted molar refractivity (Wildman–Crippen MR) is 65.2 cm³/mol. The second-order valence-corrected chi connectivity index (χ2v) is 5.48. The van der Waals surface area contributed by atoms with E-state index >= 15 is 0 Å². The number of rotatable bonds is 1. The molecule has 1 saturated heterocycles. The molecule has 16 heavy (non-hydrogen) atoms. The molecule has 2 atom stereocenters. The zero-order valence-electron chi connectivity index (χ0n) is 10.5. The molecule has 1 nitrogen and oxygen atoms in total. The van der Waals surface area contributed by atoms with Crippen LogP contribution in [0.4, 0.5) is 4.39 Å². The van der Waals surface area contributed by atoms with Gasteiger partial charge in [-0.25, -0.2) is 4.39 Å². The normalized spacial score (nSPS) is 30.9. The van der Waals surface area contributed by atoms with E-state index in [1.165, 1.54) is 0 Å². The van der Waals surface area contributed by atoms with Crippen LogP contribution in [0.5, 0.6) is 0 Å². The molecule has 1 aliphatic rings. The zero-order chi connectivity index (χ0) is 11.9. The first-order chi connectivity index (χ1) is 7.43. The van der Waals surface area contributed by atoms with Gasteiger partial charge >= 0.3 is 0 Å². The van der Waals surface area contributed by atoms with Gasteiger partial charge in [-0.1, -0.05) is 26.0 Å². The minimum Gasteiger partial charge on any atom is -0.305 e. The Labute approximate surface area is 97.3 Å². The fraction of sp³-hybridized carbons (Fsp3) is 0.571. The van der Waals surface area contributed by atoms with Gasteiger partial charge < -0.3 is 4.90 Å². The van der Waals surface area contributed by atoms with Crippen molar-refractivity contribution in [3.63, 3.8) is 0 Å². The molecule has 1 aromatic rings. The largest absolute Gasteiger partial charge is 0.305 e. The van der Waals surface area contributed by atoms with Crippen molar-refractivity contribution in [1.82, 2.24) is 4.90 Å². The van der Waals surface area contributed by atoms with Gasteiger partial charge in [-0.05, 0) is 37.1 Å². The number of benzene rings is 1. The molecule has 0 radical (unpaired) electrons. The van der Waals surface area contributed by atoms with Crippen molar-refractivity contribution in [2.24, 2.45) is 5.92 Å². The number of aryl methyl sites for hydroxylation is 1. The molecular formula is C14H20FN. The van der Waals surface area contributed by atoms with Crippen LogP contribution in [0.1, 0.15) is 25.0 Å². The Morgan fingerprint density at radius 2 is 2.12 bits per heavy atom. The predicted octanol–water partition coefficient (Wildman–Crippen LogP) is 2.97. The van der Waals surface area contributed by atoms with Crippen molar-refractivity contribution in [1.29, 1.82) is 0 Å². The van der Waals surface area contributed by atoms with Crippen LogP contribution in [0.2, 0.25) is 0 Å².